The Labute approximate surface area is 384 Å². The van der Waals surface area contributed by atoms with Crippen LogP contribution in [0.15, 0.2) is 259 Å². The fourth-order valence-corrected chi connectivity index (χ4v) is 9.35. The van der Waals surface area contributed by atoms with Gasteiger partial charge in [0.05, 0.1) is 0 Å². The summed E-state index contributed by atoms with van der Waals surface area (Å²) in [4.78, 5) is 7.59. The number of rotatable bonds is 9. The number of benzene rings is 11. The molecular weight excluding hydrogens is 801 g/mol. The Morgan fingerprint density at radius 3 is 1.55 bits per heavy atom. The largest absolute Gasteiger partial charge is 0.435 e. The molecule has 1 aromatic heterocycles. The maximum atomic E-state index is 6.69. The van der Waals surface area contributed by atoms with Crippen LogP contribution in [0.1, 0.15) is 0 Å². The van der Waals surface area contributed by atoms with E-state index in [0.29, 0.717) is 5.89 Å². The molecule has 66 heavy (non-hydrogen) atoms. The van der Waals surface area contributed by atoms with Gasteiger partial charge in [-0.05, 0) is 127 Å². The van der Waals surface area contributed by atoms with Gasteiger partial charge in [0.15, 0.2) is 5.58 Å². The van der Waals surface area contributed by atoms with E-state index in [1.165, 1.54) is 38.6 Å². The van der Waals surface area contributed by atoms with E-state index >= 15 is 0 Å². The minimum absolute atomic E-state index is 0.601. The third-order valence-electron chi connectivity index (χ3n) is 12.7. The minimum Gasteiger partial charge on any atom is -0.435 e. The van der Waals surface area contributed by atoms with E-state index in [-0.39, 0.29) is 0 Å². The molecule has 0 saturated heterocycles. The number of anilines is 3. The molecule has 3 nitrogen and oxygen atoms in total. The first kappa shape index (κ1) is 38.9. The molecule has 0 bridgehead atoms. The van der Waals surface area contributed by atoms with E-state index in [2.05, 4.69) is 254 Å². The van der Waals surface area contributed by atoms with Crippen molar-refractivity contribution in [3.63, 3.8) is 0 Å². The highest BCUT2D eigenvalue weighted by atomic mass is 16.3. The Kier molecular flexibility index (Phi) is 9.85. The van der Waals surface area contributed by atoms with Crippen LogP contribution in [0.2, 0.25) is 0 Å². The van der Waals surface area contributed by atoms with Crippen LogP contribution in [-0.2, 0) is 0 Å². The number of nitrogens with zero attached hydrogens (tertiary/aromatic N) is 2. The van der Waals surface area contributed by atoms with Crippen LogP contribution in [0.3, 0.4) is 0 Å². The molecule has 0 aliphatic rings. The summed E-state index contributed by atoms with van der Waals surface area (Å²) in [5, 5.41) is 4.59. The number of fused-ring (bicyclic) bond motifs is 4. The molecule has 0 fully saturated rings. The normalized spacial score (nSPS) is 11.3. The van der Waals surface area contributed by atoms with E-state index < -0.39 is 0 Å². The molecule has 11 aromatic carbocycles. The van der Waals surface area contributed by atoms with E-state index in [1.807, 2.05) is 6.07 Å². The van der Waals surface area contributed by atoms with E-state index in [9.17, 15) is 0 Å². The molecule has 310 valence electrons. The van der Waals surface area contributed by atoms with E-state index in [4.69, 9.17) is 9.40 Å². The molecule has 0 saturated carbocycles. The molecular formula is C63H42N2O. The Morgan fingerprint density at radius 1 is 0.288 bits per heavy atom. The van der Waals surface area contributed by atoms with Gasteiger partial charge < -0.3 is 9.32 Å². The van der Waals surface area contributed by atoms with E-state index in [1.54, 1.807) is 0 Å². The average Bonchev–Trinajstić information content (AvgIpc) is 3.86. The van der Waals surface area contributed by atoms with Crippen LogP contribution in [0.25, 0.3) is 99.7 Å². The lowest BCUT2D eigenvalue weighted by Crippen LogP contribution is -2.10. The summed E-state index contributed by atoms with van der Waals surface area (Å²) in [6.07, 6.45) is 0. The SMILES string of the molecule is c1ccc(-c2ccc(-c3nc4c(-c5ccc(N(c6cccc(-c7ccc8ccccc8c7)c6)c6ccc(-c7ccccc7)c(-c7ccccc7)c6)cc5)cc5ccccc5c4o3)cc2)cc1. The highest BCUT2D eigenvalue weighted by Gasteiger charge is 2.20. The molecule has 1 heterocycles. The average molecular weight is 843 g/mol. The number of hydrogen-bond acceptors (Lipinski definition) is 3. The fraction of sp³-hybridized carbons (Fsp3) is 0. The molecule has 0 aliphatic carbocycles. The Bertz CT molecular complexity index is 3670. The summed E-state index contributed by atoms with van der Waals surface area (Å²) >= 11 is 0. The van der Waals surface area contributed by atoms with Crippen LogP contribution in [0, 0.1) is 0 Å². The minimum atomic E-state index is 0.601. The predicted molar refractivity (Wildman–Crippen MR) is 276 cm³/mol. The molecule has 12 rings (SSSR count). The zero-order valence-electron chi connectivity index (χ0n) is 36.1. The highest BCUT2D eigenvalue weighted by Crippen LogP contribution is 2.44. The van der Waals surface area contributed by atoms with Crippen molar-refractivity contribution in [1.82, 2.24) is 4.98 Å². The maximum Gasteiger partial charge on any atom is 0.227 e. The summed E-state index contributed by atoms with van der Waals surface area (Å²) in [5.74, 6) is 0.601. The van der Waals surface area contributed by atoms with Crippen LogP contribution >= 0.6 is 0 Å². The van der Waals surface area contributed by atoms with Crippen LogP contribution in [-0.4, -0.2) is 4.98 Å². The van der Waals surface area contributed by atoms with Crippen molar-refractivity contribution in [2.45, 2.75) is 0 Å². The van der Waals surface area contributed by atoms with Gasteiger partial charge in [0.1, 0.15) is 5.52 Å². The molecule has 0 atom stereocenters. The first-order chi connectivity index (χ1) is 32.7. The van der Waals surface area contributed by atoms with Crippen molar-refractivity contribution in [3.05, 3.63) is 255 Å². The molecule has 0 unspecified atom stereocenters. The van der Waals surface area contributed by atoms with E-state index in [0.717, 1.165) is 72.3 Å². The van der Waals surface area contributed by atoms with Gasteiger partial charge >= 0.3 is 0 Å². The molecule has 0 N–H and O–H groups in total. The summed E-state index contributed by atoms with van der Waals surface area (Å²) < 4.78 is 6.69. The van der Waals surface area contributed by atoms with Crippen LogP contribution in [0.4, 0.5) is 17.1 Å². The third-order valence-corrected chi connectivity index (χ3v) is 12.7. The second-order valence-electron chi connectivity index (χ2n) is 16.7. The number of aromatic nitrogens is 1. The van der Waals surface area contributed by atoms with Crippen molar-refractivity contribution in [2.75, 3.05) is 4.90 Å². The quantitative estimate of drug-likeness (QED) is 0.145. The molecule has 0 amide bonds. The highest BCUT2D eigenvalue weighted by molar-refractivity contribution is 6.10. The molecule has 0 radical (unpaired) electrons. The topological polar surface area (TPSA) is 29.3 Å². The standard InChI is InChI=1S/C63H42N2O/c1-4-15-43(16-5-1)45-27-30-49(31-28-45)63-64-61-60(41-53-23-12-13-26-58(53)62(61)66-63)48-33-35-54(36-34-48)65(55-25-14-24-51(40-55)52-32-29-44-17-10-11-22-50(44)39-52)56-37-38-57(46-18-6-2-7-19-46)59(42-56)47-20-8-3-9-21-47/h1-42H. The fourth-order valence-electron chi connectivity index (χ4n) is 9.35. The molecule has 12 aromatic rings. The Hall–Kier alpha value is -8.79. The number of oxazole rings is 1. The zero-order valence-corrected chi connectivity index (χ0v) is 36.1. The van der Waals surface area contributed by atoms with Crippen molar-refractivity contribution in [3.8, 4) is 67.1 Å². The molecule has 3 heteroatoms. The smallest absolute Gasteiger partial charge is 0.227 e. The summed E-state index contributed by atoms with van der Waals surface area (Å²) in [5.41, 5.74) is 17.2. The lowest BCUT2D eigenvalue weighted by atomic mass is 9.93. The molecule has 0 aliphatic heterocycles. The second kappa shape index (κ2) is 16.7. The summed E-state index contributed by atoms with van der Waals surface area (Å²) in [7, 11) is 0. The van der Waals surface area contributed by atoms with Gasteiger partial charge in [0, 0.05) is 33.6 Å². The van der Waals surface area contributed by atoms with Gasteiger partial charge in [-0.1, -0.05) is 194 Å². The van der Waals surface area contributed by atoms with Crippen molar-refractivity contribution < 1.29 is 4.42 Å². The van der Waals surface area contributed by atoms with Gasteiger partial charge in [0.25, 0.3) is 0 Å². The van der Waals surface area contributed by atoms with Gasteiger partial charge in [-0.25, -0.2) is 4.98 Å². The number of hydrogen-bond donors (Lipinski definition) is 0. The first-order valence-electron chi connectivity index (χ1n) is 22.4. The lowest BCUT2D eigenvalue weighted by Gasteiger charge is -2.27. The van der Waals surface area contributed by atoms with Gasteiger partial charge in [-0.3, -0.25) is 0 Å². The summed E-state index contributed by atoms with van der Waals surface area (Å²) in [6.45, 7) is 0. The van der Waals surface area contributed by atoms with Crippen molar-refractivity contribution >= 4 is 49.7 Å². The van der Waals surface area contributed by atoms with Crippen molar-refractivity contribution in [1.29, 1.82) is 0 Å². The first-order valence-corrected chi connectivity index (χ1v) is 22.4. The molecule has 0 spiro atoms. The second-order valence-corrected chi connectivity index (χ2v) is 16.7. The lowest BCUT2D eigenvalue weighted by molar-refractivity contribution is 0.623. The Balaban J connectivity index is 0.987. The Morgan fingerprint density at radius 2 is 0.803 bits per heavy atom. The van der Waals surface area contributed by atoms with Crippen LogP contribution < -0.4 is 4.90 Å². The maximum absolute atomic E-state index is 6.69. The van der Waals surface area contributed by atoms with Gasteiger partial charge in [-0.2, -0.15) is 0 Å². The van der Waals surface area contributed by atoms with Crippen molar-refractivity contribution in [2.24, 2.45) is 0 Å². The summed E-state index contributed by atoms with van der Waals surface area (Å²) in [6, 6.07) is 90.9. The van der Waals surface area contributed by atoms with Gasteiger partial charge in [-0.15, -0.1) is 0 Å². The monoisotopic (exact) mass is 842 g/mol. The predicted octanol–water partition coefficient (Wildman–Crippen LogP) is 17.6. The van der Waals surface area contributed by atoms with Gasteiger partial charge in [0.2, 0.25) is 5.89 Å². The zero-order chi connectivity index (χ0) is 43.8. The van der Waals surface area contributed by atoms with Crippen LogP contribution in [0.5, 0.6) is 0 Å². The third kappa shape index (κ3) is 7.29.